The average molecular weight is 586 g/mol. The maximum absolute atomic E-state index is 15.1. The summed E-state index contributed by atoms with van der Waals surface area (Å²) in [5, 5.41) is 4.69. The Morgan fingerprint density at radius 1 is 1.07 bits per heavy atom. The lowest BCUT2D eigenvalue weighted by Crippen LogP contribution is -2.44. The number of carbonyl (C=O) groups is 2. The van der Waals surface area contributed by atoms with Crippen LogP contribution >= 0.6 is 0 Å². The quantitative estimate of drug-likeness (QED) is 0.363. The highest BCUT2D eigenvalue weighted by Gasteiger charge is 2.49. The van der Waals surface area contributed by atoms with Crippen molar-refractivity contribution in [3.63, 3.8) is 0 Å². The zero-order chi connectivity index (χ0) is 30.1. The molecule has 2 atom stereocenters. The molecule has 0 saturated carbocycles. The highest BCUT2D eigenvalue weighted by Crippen LogP contribution is 2.43. The van der Waals surface area contributed by atoms with E-state index in [0.717, 1.165) is 55.8 Å². The normalized spacial score (nSPS) is 17.1. The highest BCUT2D eigenvalue weighted by molar-refractivity contribution is 6.05. The second-order valence-corrected chi connectivity index (χ2v) is 8.72. The first-order chi connectivity index (χ1) is 19.3. The molecule has 1 saturated heterocycles. The Morgan fingerprint density at radius 3 is 2.24 bits per heavy atom. The molecule has 4 rings (SSSR count). The van der Waals surface area contributed by atoms with Crippen molar-refractivity contribution in [1.82, 2.24) is 10.3 Å². The van der Waals surface area contributed by atoms with Crippen molar-refractivity contribution in [1.29, 1.82) is 0 Å². The maximum Gasteiger partial charge on any atom is 0.421 e. The summed E-state index contributed by atoms with van der Waals surface area (Å²) in [6.45, 7) is -3.81. The van der Waals surface area contributed by atoms with Crippen molar-refractivity contribution in [3.05, 3.63) is 77.0 Å². The first kappa shape index (κ1) is 29.4. The summed E-state index contributed by atoms with van der Waals surface area (Å²) in [6, 6.07) is 5.22. The van der Waals surface area contributed by atoms with Gasteiger partial charge >= 0.3 is 12.8 Å². The van der Waals surface area contributed by atoms with Gasteiger partial charge in [0.05, 0.1) is 12.8 Å². The third-order valence-electron chi connectivity index (χ3n) is 6.34. The first-order valence-corrected chi connectivity index (χ1v) is 11.8. The molecule has 218 valence electrons. The Bertz CT molecular complexity index is 1430. The van der Waals surface area contributed by atoms with E-state index in [9.17, 15) is 31.5 Å². The van der Waals surface area contributed by atoms with Crippen LogP contribution in [0.1, 0.15) is 27.4 Å². The van der Waals surface area contributed by atoms with Crippen LogP contribution in [0.2, 0.25) is 0 Å². The summed E-state index contributed by atoms with van der Waals surface area (Å²) >= 11 is 0. The molecule has 8 nitrogen and oxygen atoms in total. The number of ether oxygens (including phenoxy) is 2. The Balaban J connectivity index is 1.77. The molecule has 1 aliphatic rings. The number of methoxy groups -OCH3 is 1. The molecular weight excluding hydrogens is 565 g/mol. The lowest BCUT2D eigenvalue weighted by molar-refractivity contribution is -0.136. The molecule has 2 N–H and O–H groups in total. The molecule has 2 heterocycles. The van der Waals surface area contributed by atoms with Crippen LogP contribution in [-0.4, -0.2) is 50.2 Å². The summed E-state index contributed by atoms with van der Waals surface area (Å²) in [7, 11) is 2.39. The molecule has 3 aromatic rings. The number of halogens is 7. The van der Waals surface area contributed by atoms with Gasteiger partial charge in [-0.1, -0.05) is 0 Å². The van der Waals surface area contributed by atoms with Gasteiger partial charge in [0.1, 0.15) is 40.6 Å². The van der Waals surface area contributed by atoms with Crippen molar-refractivity contribution >= 4 is 23.3 Å². The van der Waals surface area contributed by atoms with Crippen LogP contribution in [-0.2, 0) is 11.0 Å². The van der Waals surface area contributed by atoms with Crippen molar-refractivity contribution in [2.75, 3.05) is 30.9 Å². The maximum atomic E-state index is 15.1. The average Bonchev–Trinajstić information content (AvgIpc) is 3.22. The van der Waals surface area contributed by atoms with Gasteiger partial charge in [-0.25, -0.2) is 13.8 Å². The Labute approximate surface area is 228 Å². The minimum atomic E-state index is -4.99. The van der Waals surface area contributed by atoms with Crippen LogP contribution < -0.4 is 25.0 Å². The molecule has 0 radical (unpaired) electrons. The van der Waals surface area contributed by atoms with Crippen LogP contribution in [0.5, 0.6) is 11.5 Å². The van der Waals surface area contributed by atoms with Gasteiger partial charge < -0.3 is 20.1 Å². The van der Waals surface area contributed by atoms with Gasteiger partial charge in [-0.15, -0.1) is 0 Å². The van der Waals surface area contributed by atoms with Gasteiger partial charge in [-0.05, 0) is 30.3 Å². The fourth-order valence-corrected chi connectivity index (χ4v) is 4.53. The molecule has 0 spiro atoms. The Hall–Kier alpha value is -4.56. The van der Waals surface area contributed by atoms with E-state index >= 15 is 8.78 Å². The summed E-state index contributed by atoms with van der Waals surface area (Å²) in [5.41, 5.74) is -2.54. The van der Waals surface area contributed by atoms with Crippen LogP contribution in [0.3, 0.4) is 0 Å². The van der Waals surface area contributed by atoms with E-state index < -0.39 is 77.4 Å². The molecule has 2 aromatic carbocycles. The lowest BCUT2D eigenvalue weighted by Gasteiger charge is -2.22. The third kappa shape index (κ3) is 5.98. The van der Waals surface area contributed by atoms with E-state index in [2.05, 4.69) is 20.4 Å². The van der Waals surface area contributed by atoms with Crippen molar-refractivity contribution < 1.29 is 49.8 Å². The van der Waals surface area contributed by atoms with Crippen LogP contribution in [0, 0.1) is 11.6 Å². The summed E-state index contributed by atoms with van der Waals surface area (Å²) in [6.07, 6.45) is -3.97. The molecule has 1 aromatic heterocycles. The van der Waals surface area contributed by atoms with Crippen molar-refractivity contribution in [2.24, 2.45) is 0 Å². The first-order valence-electron chi connectivity index (χ1n) is 11.8. The fraction of sp³-hybridized carbons (Fsp3) is 0.269. The molecular formula is C26H21F7N4O4. The van der Waals surface area contributed by atoms with Crippen molar-refractivity contribution in [3.8, 4) is 11.5 Å². The number of alkyl halides is 5. The van der Waals surface area contributed by atoms with Gasteiger partial charge in [-0.3, -0.25) is 14.5 Å². The van der Waals surface area contributed by atoms with Gasteiger partial charge in [0.15, 0.2) is 0 Å². The molecule has 2 amide bonds. The molecule has 15 heteroatoms. The number of aromatic nitrogens is 1. The second-order valence-electron chi connectivity index (χ2n) is 8.72. The van der Waals surface area contributed by atoms with Gasteiger partial charge in [-0.2, -0.15) is 22.0 Å². The number of anilines is 2. The predicted octanol–water partition coefficient (Wildman–Crippen LogP) is 4.96. The number of amides is 2. The largest absolute Gasteiger partial charge is 0.497 e. The van der Waals surface area contributed by atoms with E-state index in [4.69, 9.17) is 4.74 Å². The van der Waals surface area contributed by atoms with Crippen molar-refractivity contribution in [2.45, 2.75) is 24.7 Å². The predicted molar refractivity (Wildman–Crippen MR) is 131 cm³/mol. The Morgan fingerprint density at radius 2 is 1.71 bits per heavy atom. The number of nitrogens with one attached hydrogen (secondary N) is 2. The SMILES string of the molecule is CNc1ccnc(N2C[C@@H](c3c(F)cc(OC)cc3F)[C@H](NC(=O)c3ccc(OC(F)F)cc3)C2=O)c1C(F)(F)F. The molecule has 1 fully saturated rings. The number of carbonyl (C=O) groups excluding carboxylic acids is 2. The number of rotatable bonds is 8. The fourth-order valence-electron chi connectivity index (χ4n) is 4.53. The standard InChI is InChI=1S/C26H21F7N4O4/c1-34-18-7-8-35-22(20(18)26(31,32)33)37-11-15(19-16(27)9-14(40-2)10-17(19)28)21(24(37)39)36-23(38)12-3-5-13(6-4-12)41-25(29)30/h3-10,15,21,25H,11H2,1-2H3,(H,34,35)(H,36,38)/t15-,21-/m0/s1. The second kappa shape index (κ2) is 11.5. The lowest BCUT2D eigenvalue weighted by atomic mass is 9.92. The monoisotopic (exact) mass is 586 g/mol. The number of pyridine rings is 1. The number of hydrogen-bond acceptors (Lipinski definition) is 6. The van der Waals surface area contributed by atoms with Gasteiger partial charge in [0.25, 0.3) is 11.8 Å². The third-order valence-corrected chi connectivity index (χ3v) is 6.34. The minimum absolute atomic E-state index is 0.154. The summed E-state index contributed by atoms with van der Waals surface area (Å²) in [4.78, 5) is 30.9. The molecule has 0 bridgehead atoms. The van der Waals surface area contributed by atoms with E-state index in [0.29, 0.717) is 4.90 Å². The van der Waals surface area contributed by atoms with Crippen LogP contribution in [0.4, 0.5) is 42.2 Å². The molecule has 41 heavy (non-hydrogen) atoms. The smallest absolute Gasteiger partial charge is 0.421 e. The van der Waals surface area contributed by atoms with Crippen LogP contribution in [0.15, 0.2) is 48.7 Å². The molecule has 1 aliphatic heterocycles. The summed E-state index contributed by atoms with van der Waals surface area (Å²) < 4.78 is 106. The van der Waals surface area contributed by atoms with E-state index in [1.807, 2.05) is 0 Å². The number of nitrogens with zero attached hydrogens (tertiary/aromatic N) is 2. The number of hydrogen-bond donors (Lipinski definition) is 2. The highest BCUT2D eigenvalue weighted by atomic mass is 19.4. The molecule has 0 aliphatic carbocycles. The van der Waals surface area contributed by atoms with Gasteiger partial charge in [0, 0.05) is 49.0 Å². The van der Waals surface area contributed by atoms with Gasteiger partial charge in [0.2, 0.25) is 0 Å². The van der Waals surface area contributed by atoms with E-state index in [1.54, 1.807) is 0 Å². The topological polar surface area (TPSA) is 92.8 Å². The molecule has 0 unspecified atom stereocenters. The van der Waals surface area contributed by atoms with E-state index in [1.165, 1.54) is 7.05 Å². The summed E-state index contributed by atoms with van der Waals surface area (Å²) in [5.74, 6) is -7.24. The van der Waals surface area contributed by atoms with E-state index in [-0.39, 0.29) is 17.1 Å². The Kier molecular flexibility index (Phi) is 8.26. The minimum Gasteiger partial charge on any atom is -0.497 e. The zero-order valence-corrected chi connectivity index (χ0v) is 21.2. The number of benzene rings is 2. The van der Waals surface area contributed by atoms with Crippen LogP contribution in [0.25, 0.3) is 0 Å². The zero-order valence-electron chi connectivity index (χ0n) is 21.2.